The first kappa shape index (κ1) is 13.4. The summed E-state index contributed by atoms with van der Waals surface area (Å²) < 4.78 is 0. The average molecular weight is 287 g/mol. The molecule has 1 aliphatic heterocycles. The van der Waals surface area contributed by atoms with Gasteiger partial charge in [0.2, 0.25) is 11.8 Å². The molecule has 1 heterocycles. The number of likely N-dealkylation sites (tertiary alicyclic amines) is 1. The van der Waals surface area contributed by atoms with Gasteiger partial charge in [0.15, 0.2) is 0 Å². The fourth-order valence-corrected chi connectivity index (χ4v) is 3.35. The summed E-state index contributed by atoms with van der Waals surface area (Å²) in [5.74, 6) is -0.257. The van der Waals surface area contributed by atoms with Crippen LogP contribution in [0.15, 0.2) is 41.3 Å². The second kappa shape index (κ2) is 5.44. The Kier molecular flexibility index (Phi) is 3.66. The highest BCUT2D eigenvalue weighted by Gasteiger charge is 2.46. The molecule has 2 aliphatic rings. The van der Waals surface area contributed by atoms with Crippen molar-refractivity contribution in [2.45, 2.75) is 24.3 Å². The van der Waals surface area contributed by atoms with E-state index in [1.165, 1.54) is 9.80 Å². The van der Waals surface area contributed by atoms with Crippen molar-refractivity contribution in [2.75, 3.05) is 6.26 Å². The second-order valence-electron chi connectivity index (χ2n) is 5.27. The van der Waals surface area contributed by atoms with Crippen LogP contribution in [0.25, 0.3) is 0 Å². The number of rotatable bonds is 3. The maximum atomic E-state index is 12.3. The van der Waals surface area contributed by atoms with Crippen LogP contribution in [-0.2, 0) is 16.1 Å². The van der Waals surface area contributed by atoms with Crippen LogP contribution in [0.3, 0.4) is 0 Å². The van der Waals surface area contributed by atoms with E-state index in [1.54, 1.807) is 11.8 Å². The van der Waals surface area contributed by atoms with Crippen LogP contribution >= 0.6 is 11.8 Å². The minimum atomic E-state index is -0.127. The van der Waals surface area contributed by atoms with Crippen LogP contribution in [-0.4, -0.2) is 23.0 Å². The van der Waals surface area contributed by atoms with Crippen molar-refractivity contribution >= 4 is 23.6 Å². The van der Waals surface area contributed by atoms with E-state index in [4.69, 9.17) is 0 Å². The zero-order valence-corrected chi connectivity index (χ0v) is 12.2. The number of carbonyl (C=O) groups is 2. The summed E-state index contributed by atoms with van der Waals surface area (Å²) in [6, 6.07) is 8.04. The third kappa shape index (κ3) is 2.29. The van der Waals surface area contributed by atoms with E-state index in [0.29, 0.717) is 19.4 Å². The van der Waals surface area contributed by atoms with Gasteiger partial charge in [-0.2, -0.15) is 0 Å². The number of thioether (sulfide) groups is 1. The standard InChI is InChI=1S/C16H17NO2S/c1-20-12-8-6-11(7-9-12)10-17-15(18)13-4-2-3-5-14(13)16(17)19/h2-3,6-9,13-14H,4-5,10H2,1H3. The second-order valence-corrected chi connectivity index (χ2v) is 6.15. The molecular formula is C16H17NO2S. The van der Waals surface area contributed by atoms with E-state index in [-0.39, 0.29) is 23.7 Å². The lowest BCUT2D eigenvalue weighted by molar-refractivity contribution is -0.140. The van der Waals surface area contributed by atoms with Gasteiger partial charge in [-0.05, 0) is 36.8 Å². The Bertz CT molecular complexity index is 538. The van der Waals surface area contributed by atoms with Gasteiger partial charge in [-0.1, -0.05) is 24.3 Å². The molecule has 3 nitrogen and oxygen atoms in total. The van der Waals surface area contributed by atoms with Crippen molar-refractivity contribution in [1.82, 2.24) is 4.90 Å². The molecule has 0 saturated carbocycles. The normalized spacial score (nSPS) is 25.1. The SMILES string of the molecule is CSc1ccc(CN2C(=O)C3CC=CCC3C2=O)cc1. The van der Waals surface area contributed by atoms with Crippen molar-refractivity contribution in [3.05, 3.63) is 42.0 Å². The summed E-state index contributed by atoms with van der Waals surface area (Å²) in [4.78, 5) is 27.3. The first-order valence-electron chi connectivity index (χ1n) is 6.84. The van der Waals surface area contributed by atoms with Crippen LogP contribution in [0, 0.1) is 11.8 Å². The quantitative estimate of drug-likeness (QED) is 0.487. The summed E-state index contributed by atoms with van der Waals surface area (Å²) in [6.07, 6.45) is 7.47. The van der Waals surface area contributed by atoms with Crippen LogP contribution in [0.5, 0.6) is 0 Å². The minimum Gasteiger partial charge on any atom is -0.278 e. The van der Waals surface area contributed by atoms with Gasteiger partial charge < -0.3 is 0 Å². The molecule has 1 fully saturated rings. The van der Waals surface area contributed by atoms with Gasteiger partial charge in [0, 0.05) is 4.90 Å². The van der Waals surface area contributed by atoms with Crippen molar-refractivity contribution < 1.29 is 9.59 Å². The lowest BCUT2D eigenvalue weighted by atomic mass is 9.85. The molecule has 20 heavy (non-hydrogen) atoms. The average Bonchev–Trinajstić information content (AvgIpc) is 2.74. The Morgan fingerprint density at radius 2 is 1.60 bits per heavy atom. The summed E-state index contributed by atoms with van der Waals surface area (Å²) in [5.41, 5.74) is 1.01. The highest BCUT2D eigenvalue weighted by atomic mass is 32.2. The maximum absolute atomic E-state index is 12.3. The number of hydrogen-bond acceptors (Lipinski definition) is 3. The predicted octanol–water partition coefficient (Wildman–Crippen LogP) is 2.86. The number of hydrogen-bond donors (Lipinski definition) is 0. The number of benzene rings is 1. The predicted molar refractivity (Wildman–Crippen MR) is 79.1 cm³/mol. The van der Waals surface area contributed by atoms with Gasteiger partial charge in [-0.25, -0.2) is 0 Å². The molecule has 2 unspecified atom stereocenters. The molecule has 2 amide bonds. The van der Waals surface area contributed by atoms with E-state index in [1.807, 2.05) is 42.7 Å². The topological polar surface area (TPSA) is 37.4 Å². The molecule has 4 heteroatoms. The van der Waals surface area contributed by atoms with E-state index >= 15 is 0 Å². The fourth-order valence-electron chi connectivity index (χ4n) is 2.94. The molecule has 0 radical (unpaired) electrons. The van der Waals surface area contributed by atoms with E-state index in [0.717, 1.165) is 5.56 Å². The summed E-state index contributed by atoms with van der Waals surface area (Å²) in [5, 5.41) is 0. The fraction of sp³-hybridized carbons (Fsp3) is 0.375. The van der Waals surface area contributed by atoms with Crippen LogP contribution in [0.4, 0.5) is 0 Å². The number of amides is 2. The molecular weight excluding hydrogens is 270 g/mol. The smallest absolute Gasteiger partial charge is 0.233 e. The van der Waals surface area contributed by atoms with Crippen molar-refractivity contribution in [3.63, 3.8) is 0 Å². The number of nitrogens with zero attached hydrogens (tertiary/aromatic N) is 1. The Labute approximate surface area is 123 Å². The number of imide groups is 1. The highest BCUT2D eigenvalue weighted by molar-refractivity contribution is 7.98. The Balaban J connectivity index is 1.77. The van der Waals surface area contributed by atoms with E-state index in [2.05, 4.69) is 0 Å². The van der Waals surface area contributed by atoms with Gasteiger partial charge in [0.25, 0.3) is 0 Å². The van der Waals surface area contributed by atoms with Gasteiger partial charge in [0.05, 0.1) is 18.4 Å². The van der Waals surface area contributed by atoms with E-state index in [9.17, 15) is 9.59 Å². The largest absolute Gasteiger partial charge is 0.278 e. The van der Waals surface area contributed by atoms with Crippen LogP contribution in [0.2, 0.25) is 0 Å². The third-order valence-corrected chi connectivity index (χ3v) is 4.84. The molecule has 0 N–H and O–H groups in total. The molecule has 3 rings (SSSR count). The van der Waals surface area contributed by atoms with Crippen molar-refractivity contribution in [2.24, 2.45) is 11.8 Å². The summed E-state index contributed by atoms with van der Waals surface area (Å²) in [6.45, 7) is 0.402. The summed E-state index contributed by atoms with van der Waals surface area (Å²) >= 11 is 1.68. The maximum Gasteiger partial charge on any atom is 0.233 e. The highest BCUT2D eigenvalue weighted by Crippen LogP contribution is 2.35. The number of carbonyl (C=O) groups excluding carboxylic acids is 2. The van der Waals surface area contributed by atoms with E-state index < -0.39 is 0 Å². The van der Waals surface area contributed by atoms with Crippen LogP contribution < -0.4 is 0 Å². The molecule has 1 saturated heterocycles. The molecule has 1 aromatic carbocycles. The Morgan fingerprint density at radius 3 is 2.10 bits per heavy atom. The van der Waals surface area contributed by atoms with Gasteiger partial charge >= 0.3 is 0 Å². The minimum absolute atomic E-state index is 0.00158. The van der Waals surface area contributed by atoms with Gasteiger partial charge in [-0.3, -0.25) is 14.5 Å². The zero-order valence-electron chi connectivity index (χ0n) is 11.4. The molecule has 0 spiro atoms. The number of allylic oxidation sites excluding steroid dienone is 2. The first-order valence-corrected chi connectivity index (χ1v) is 8.06. The Hall–Kier alpha value is -1.55. The lowest BCUT2D eigenvalue weighted by Crippen LogP contribution is -2.30. The molecule has 0 aromatic heterocycles. The third-order valence-electron chi connectivity index (χ3n) is 4.10. The molecule has 1 aromatic rings. The lowest BCUT2D eigenvalue weighted by Gasteiger charge is -2.14. The van der Waals surface area contributed by atoms with Crippen molar-refractivity contribution in [3.8, 4) is 0 Å². The van der Waals surface area contributed by atoms with Crippen LogP contribution in [0.1, 0.15) is 18.4 Å². The molecule has 1 aliphatic carbocycles. The zero-order chi connectivity index (χ0) is 14.1. The first-order chi connectivity index (χ1) is 9.70. The van der Waals surface area contributed by atoms with Gasteiger partial charge in [-0.15, -0.1) is 11.8 Å². The molecule has 2 atom stereocenters. The molecule has 0 bridgehead atoms. The van der Waals surface area contributed by atoms with Gasteiger partial charge in [0.1, 0.15) is 0 Å². The monoisotopic (exact) mass is 287 g/mol. The van der Waals surface area contributed by atoms with Crippen molar-refractivity contribution in [1.29, 1.82) is 0 Å². The molecule has 104 valence electrons. The summed E-state index contributed by atoms with van der Waals surface area (Å²) in [7, 11) is 0. The number of fused-ring (bicyclic) bond motifs is 1. The Morgan fingerprint density at radius 1 is 1.05 bits per heavy atom.